The fourth-order valence-electron chi connectivity index (χ4n) is 2.65. The van der Waals surface area contributed by atoms with Crippen LogP contribution in [-0.2, 0) is 4.79 Å². The summed E-state index contributed by atoms with van der Waals surface area (Å²) in [6, 6.07) is 10.4. The van der Waals surface area contributed by atoms with Gasteiger partial charge in [0.05, 0.1) is 0 Å². The second kappa shape index (κ2) is 7.59. The molecule has 1 amide bonds. The summed E-state index contributed by atoms with van der Waals surface area (Å²) in [6.45, 7) is 9.85. The number of carbonyl (C=O) groups is 1. The van der Waals surface area contributed by atoms with Crippen molar-refractivity contribution in [2.24, 2.45) is 11.3 Å². The number of likely N-dealkylation sites (tertiary alicyclic amines) is 1. The molecule has 1 unspecified atom stereocenters. The molecule has 1 heterocycles. The summed E-state index contributed by atoms with van der Waals surface area (Å²) < 4.78 is 0. The molecule has 1 aliphatic rings. The molecule has 1 saturated heterocycles. The van der Waals surface area contributed by atoms with Gasteiger partial charge in [0.15, 0.2) is 0 Å². The summed E-state index contributed by atoms with van der Waals surface area (Å²) in [7, 11) is 0. The van der Waals surface area contributed by atoms with Crippen molar-refractivity contribution in [1.82, 2.24) is 10.2 Å². The molecule has 3 nitrogen and oxygen atoms in total. The molecule has 0 bridgehead atoms. The van der Waals surface area contributed by atoms with Crippen LogP contribution in [-0.4, -0.2) is 37.0 Å². The molecule has 0 radical (unpaired) electrons. The normalized spacial score (nSPS) is 19.7. The fraction of sp³-hybridized carbons (Fsp3) is 0.526. The Balaban J connectivity index is 1.70. The second-order valence-corrected chi connectivity index (χ2v) is 7.19. The van der Waals surface area contributed by atoms with Gasteiger partial charge in [-0.15, -0.1) is 0 Å². The van der Waals surface area contributed by atoms with E-state index in [4.69, 9.17) is 0 Å². The number of benzene rings is 1. The molecular formula is C19H28N2O. The van der Waals surface area contributed by atoms with E-state index in [1.807, 2.05) is 26.8 Å². The SMILES string of the molecule is CC(C)(C)C(=O)NCC1CCN(C/C=C/c2ccccc2)C1. The highest BCUT2D eigenvalue weighted by molar-refractivity contribution is 5.81. The Kier molecular flexibility index (Phi) is 5.78. The molecule has 2 rings (SSSR count). The van der Waals surface area contributed by atoms with Crippen molar-refractivity contribution in [3.8, 4) is 0 Å². The first-order valence-electron chi connectivity index (χ1n) is 8.17. The molecular weight excluding hydrogens is 272 g/mol. The summed E-state index contributed by atoms with van der Waals surface area (Å²) in [4.78, 5) is 14.3. The van der Waals surface area contributed by atoms with Crippen LogP contribution in [0.3, 0.4) is 0 Å². The van der Waals surface area contributed by atoms with Gasteiger partial charge in [-0.3, -0.25) is 9.69 Å². The minimum Gasteiger partial charge on any atom is -0.355 e. The lowest BCUT2D eigenvalue weighted by molar-refractivity contribution is -0.128. The molecule has 1 N–H and O–H groups in total. The van der Waals surface area contributed by atoms with Crippen LogP contribution in [0.4, 0.5) is 0 Å². The molecule has 0 aliphatic carbocycles. The van der Waals surface area contributed by atoms with Gasteiger partial charge in [-0.2, -0.15) is 0 Å². The van der Waals surface area contributed by atoms with E-state index in [9.17, 15) is 4.79 Å². The quantitative estimate of drug-likeness (QED) is 0.906. The zero-order valence-electron chi connectivity index (χ0n) is 14.0. The van der Waals surface area contributed by atoms with Crippen molar-refractivity contribution >= 4 is 12.0 Å². The lowest BCUT2D eigenvalue weighted by Crippen LogP contribution is -2.38. The summed E-state index contributed by atoms with van der Waals surface area (Å²) in [5.41, 5.74) is 0.951. The number of nitrogens with one attached hydrogen (secondary N) is 1. The lowest BCUT2D eigenvalue weighted by Gasteiger charge is -2.20. The first-order valence-corrected chi connectivity index (χ1v) is 8.17. The third kappa shape index (κ3) is 5.30. The summed E-state index contributed by atoms with van der Waals surface area (Å²) in [6.07, 6.45) is 5.57. The van der Waals surface area contributed by atoms with Crippen molar-refractivity contribution in [1.29, 1.82) is 0 Å². The first-order chi connectivity index (χ1) is 10.4. The first kappa shape index (κ1) is 16.8. The number of rotatable bonds is 5. The van der Waals surface area contributed by atoms with E-state index in [1.165, 1.54) is 12.0 Å². The monoisotopic (exact) mass is 300 g/mol. The minimum atomic E-state index is -0.295. The molecule has 1 fully saturated rings. The van der Waals surface area contributed by atoms with Gasteiger partial charge in [0.2, 0.25) is 5.91 Å². The van der Waals surface area contributed by atoms with Gasteiger partial charge in [-0.1, -0.05) is 63.3 Å². The molecule has 22 heavy (non-hydrogen) atoms. The van der Waals surface area contributed by atoms with E-state index in [-0.39, 0.29) is 11.3 Å². The predicted octanol–water partition coefficient (Wildman–Crippen LogP) is 3.18. The molecule has 3 heteroatoms. The Morgan fingerprint density at radius 2 is 2.05 bits per heavy atom. The van der Waals surface area contributed by atoms with E-state index >= 15 is 0 Å². The maximum Gasteiger partial charge on any atom is 0.225 e. The zero-order valence-corrected chi connectivity index (χ0v) is 14.0. The van der Waals surface area contributed by atoms with Gasteiger partial charge in [0.25, 0.3) is 0 Å². The van der Waals surface area contributed by atoms with E-state index in [1.54, 1.807) is 0 Å². The maximum absolute atomic E-state index is 11.9. The van der Waals surface area contributed by atoms with Crippen molar-refractivity contribution in [3.05, 3.63) is 42.0 Å². The maximum atomic E-state index is 11.9. The molecule has 1 aromatic carbocycles. The smallest absolute Gasteiger partial charge is 0.225 e. The Hall–Kier alpha value is -1.61. The van der Waals surface area contributed by atoms with Gasteiger partial charge in [0, 0.05) is 25.0 Å². The Labute approximate surface area is 134 Å². The summed E-state index contributed by atoms with van der Waals surface area (Å²) in [5.74, 6) is 0.728. The molecule has 0 aromatic heterocycles. The van der Waals surface area contributed by atoms with Gasteiger partial charge in [-0.25, -0.2) is 0 Å². The van der Waals surface area contributed by atoms with Gasteiger partial charge < -0.3 is 5.32 Å². The number of hydrogen-bond acceptors (Lipinski definition) is 2. The van der Waals surface area contributed by atoms with Crippen LogP contribution >= 0.6 is 0 Å². The zero-order chi connectivity index (χ0) is 16.0. The Morgan fingerprint density at radius 3 is 2.73 bits per heavy atom. The molecule has 1 aliphatic heterocycles. The van der Waals surface area contributed by atoms with Gasteiger partial charge >= 0.3 is 0 Å². The van der Waals surface area contributed by atoms with E-state index < -0.39 is 0 Å². The van der Waals surface area contributed by atoms with Crippen LogP contribution in [0.1, 0.15) is 32.8 Å². The number of nitrogens with zero attached hydrogens (tertiary/aromatic N) is 1. The highest BCUT2D eigenvalue weighted by Gasteiger charge is 2.25. The van der Waals surface area contributed by atoms with Crippen LogP contribution in [0.5, 0.6) is 0 Å². The number of hydrogen-bond donors (Lipinski definition) is 1. The highest BCUT2D eigenvalue weighted by Crippen LogP contribution is 2.17. The van der Waals surface area contributed by atoms with Gasteiger partial charge in [-0.05, 0) is 24.4 Å². The summed E-state index contributed by atoms with van der Waals surface area (Å²) in [5, 5.41) is 3.08. The van der Waals surface area contributed by atoms with Crippen molar-refractivity contribution in [2.75, 3.05) is 26.2 Å². The van der Waals surface area contributed by atoms with E-state index in [0.29, 0.717) is 5.92 Å². The largest absolute Gasteiger partial charge is 0.355 e. The van der Waals surface area contributed by atoms with Crippen LogP contribution < -0.4 is 5.32 Å². The van der Waals surface area contributed by atoms with Gasteiger partial charge in [0.1, 0.15) is 0 Å². The Morgan fingerprint density at radius 1 is 1.32 bits per heavy atom. The van der Waals surface area contributed by atoms with Crippen LogP contribution in [0, 0.1) is 11.3 Å². The van der Waals surface area contributed by atoms with Crippen LogP contribution in [0.25, 0.3) is 6.08 Å². The molecule has 1 aromatic rings. The standard InChI is InChI=1S/C19H28N2O/c1-19(2,3)18(22)20-14-17-11-13-21(15-17)12-7-10-16-8-5-4-6-9-16/h4-10,17H,11-15H2,1-3H3,(H,20,22)/b10-7+. The third-order valence-electron chi connectivity index (χ3n) is 4.08. The molecule has 0 spiro atoms. The van der Waals surface area contributed by atoms with E-state index in [2.05, 4.69) is 46.6 Å². The third-order valence-corrected chi connectivity index (χ3v) is 4.08. The van der Waals surface area contributed by atoms with E-state index in [0.717, 1.165) is 26.2 Å². The average Bonchev–Trinajstić information content (AvgIpc) is 2.93. The van der Waals surface area contributed by atoms with Crippen LogP contribution in [0.15, 0.2) is 36.4 Å². The fourth-order valence-corrected chi connectivity index (χ4v) is 2.65. The number of amides is 1. The lowest BCUT2D eigenvalue weighted by atomic mass is 9.95. The van der Waals surface area contributed by atoms with Crippen molar-refractivity contribution in [3.63, 3.8) is 0 Å². The number of carbonyl (C=O) groups excluding carboxylic acids is 1. The molecule has 0 saturated carbocycles. The Bertz CT molecular complexity index is 502. The minimum absolute atomic E-state index is 0.148. The second-order valence-electron chi connectivity index (χ2n) is 7.19. The van der Waals surface area contributed by atoms with Crippen molar-refractivity contribution in [2.45, 2.75) is 27.2 Å². The predicted molar refractivity (Wildman–Crippen MR) is 92.5 cm³/mol. The molecule has 120 valence electrons. The average molecular weight is 300 g/mol. The highest BCUT2D eigenvalue weighted by atomic mass is 16.2. The molecule has 1 atom stereocenters. The van der Waals surface area contributed by atoms with Crippen molar-refractivity contribution < 1.29 is 4.79 Å². The summed E-state index contributed by atoms with van der Waals surface area (Å²) >= 11 is 0. The topological polar surface area (TPSA) is 32.3 Å². The van der Waals surface area contributed by atoms with Crippen LogP contribution in [0.2, 0.25) is 0 Å².